The van der Waals surface area contributed by atoms with Crippen LogP contribution in [-0.4, -0.2) is 43.3 Å². The van der Waals surface area contributed by atoms with Gasteiger partial charge in [-0.2, -0.15) is 0 Å². The second-order valence-corrected chi connectivity index (χ2v) is 7.04. The van der Waals surface area contributed by atoms with Gasteiger partial charge in [-0.1, -0.05) is 24.3 Å². The van der Waals surface area contributed by atoms with E-state index in [9.17, 15) is 4.79 Å². The monoisotopic (exact) mass is 351 g/mol. The summed E-state index contributed by atoms with van der Waals surface area (Å²) in [7, 11) is 0. The van der Waals surface area contributed by atoms with Crippen LogP contribution in [-0.2, 0) is 17.7 Å². The van der Waals surface area contributed by atoms with E-state index >= 15 is 0 Å². The summed E-state index contributed by atoms with van der Waals surface area (Å²) in [6.07, 6.45) is 1.17. The first-order chi connectivity index (χ1) is 12.7. The van der Waals surface area contributed by atoms with Crippen LogP contribution in [0.1, 0.15) is 18.1 Å². The second kappa shape index (κ2) is 7.38. The van der Waals surface area contributed by atoms with E-state index in [1.165, 1.54) is 16.8 Å². The molecule has 0 bridgehead atoms. The number of fused-ring (bicyclic) bond motifs is 1. The molecule has 2 aromatic rings. The molecule has 5 nitrogen and oxygen atoms in total. The summed E-state index contributed by atoms with van der Waals surface area (Å²) in [5.74, 6) is 0. The Morgan fingerprint density at radius 3 is 2.62 bits per heavy atom. The summed E-state index contributed by atoms with van der Waals surface area (Å²) < 4.78 is 5.59. The Balaban J connectivity index is 1.37. The van der Waals surface area contributed by atoms with Crippen LogP contribution in [0.5, 0.6) is 0 Å². The smallest absolute Gasteiger partial charge is 0.322 e. The molecule has 2 aromatic carbocycles. The normalized spacial score (nSPS) is 19.8. The van der Waals surface area contributed by atoms with Crippen LogP contribution < -0.4 is 10.2 Å². The number of carbonyl (C=O) groups excluding carboxylic acids is 1. The minimum Gasteiger partial charge on any atom is -0.375 e. The number of nitrogens with one attached hydrogen (secondary N) is 1. The van der Waals surface area contributed by atoms with Crippen molar-refractivity contribution in [3.8, 4) is 0 Å². The predicted molar refractivity (Wildman–Crippen MR) is 104 cm³/mol. The third kappa shape index (κ3) is 3.68. The first kappa shape index (κ1) is 16.9. The van der Waals surface area contributed by atoms with E-state index in [2.05, 4.69) is 47.5 Å². The number of rotatable bonds is 2. The predicted octanol–water partition coefficient (Wildman–Crippen LogP) is 3.50. The van der Waals surface area contributed by atoms with Crippen LogP contribution in [0.4, 0.5) is 16.2 Å². The molecule has 1 N–H and O–H groups in total. The number of hydrogen-bond donors (Lipinski definition) is 1. The van der Waals surface area contributed by atoms with Gasteiger partial charge in [0.25, 0.3) is 0 Å². The Labute approximate surface area is 154 Å². The number of benzene rings is 2. The van der Waals surface area contributed by atoms with Crippen LogP contribution >= 0.6 is 0 Å². The third-order valence-corrected chi connectivity index (χ3v) is 5.14. The van der Waals surface area contributed by atoms with Gasteiger partial charge in [-0.15, -0.1) is 0 Å². The molecular formula is C21H25N3O2. The zero-order chi connectivity index (χ0) is 17.9. The van der Waals surface area contributed by atoms with E-state index in [0.29, 0.717) is 6.54 Å². The molecule has 1 atom stereocenters. The summed E-state index contributed by atoms with van der Waals surface area (Å²) in [6.45, 7) is 6.09. The second-order valence-electron chi connectivity index (χ2n) is 7.04. The Morgan fingerprint density at radius 1 is 1.08 bits per heavy atom. The SMILES string of the molecule is CC1CN(c2ccc(NC(=O)N3CCc4ccccc4C3)cc2)CCO1. The van der Waals surface area contributed by atoms with Crippen molar-refractivity contribution in [2.24, 2.45) is 0 Å². The standard InChI is InChI=1S/C21H25N3O2/c1-16-14-23(12-13-26-16)20-8-6-19(7-9-20)22-21(25)24-11-10-17-4-2-3-5-18(17)15-24/h2-9,16H,10-15H2,1H3,(H,22,25). The number of morpholine rings is 1. The van der Waals surface area contributed by atoms with Gasteiger partial charge in [-0.3, -0.25) is 0 Å². The van der Waals surface area contributed by atoms with E-state index in [4.69, 9.17) is 4.74 Å². The summed E-state index contributed by atoms with van der Waals surface area (Å²) in [5, 5.41) is 3.03. The summed E-state index contributed by atoms with van der Waals surface area (Å²) in [6, 6.07) is 16.4. The average Bonchev–Trinajstić information content (AvgIpc) is 2.68. The summed E-state index contributed by atoms with van der Waals surface area (Å²) >= 11 is 0. The van der Waals surface area contributed by atoms with Crippen molar-refractivity contribution in [3.05, 3.63) is 59.7 Å². The van der Waals surface area contributed by atoms with Gasteiger partial charge >= 0.3 is 6.03 Å². The minimum absolute atomic E-state index is 0.0350. The lowest BCUT2D eigenvalue weighted by Crippen LogP contribution is -2.41. The number of ether oxygens (including phenoxy) is 1. The van der Waals surface area contributed by atoms with Crippen LogP contribution in [0.15, 0.2) is 48.5 Å². The van der Waals surface area contributed by atoms with Crippen molar-refractivity contribution in [3.63, 3.8) is 0 Å². The van der Waals surface area contributed by atoms with Gasteiger partial charge in [0.1, 0.15) is 0 Å². The third-order valence-electron chi connectivity index (χ3n) is 5.14. The number of hydrogen-bond acceptors (Lipinski definition) is 3. The van der Waals surface area contributed by atoms with Crippen molar-refractivity contribution in [1.29, 1.82) is 0 Å². The summed E-state index contributed by atoms with van der Waals surface area (Å²) in [5.41, 5.74) is 4.59. The highest BCUT2D eigenvalue weighted by atomic mass is 16.5. The Kier molecular flexibility index (Phi) is 4.80. The van der Waals surface area contributed by atoms with E-state index in [1.807, 2.05) is 23.1 Å². The molecule has 0 aliphatic carbocycles. The summed E-state index contributed by atoms with van der Waals surface area (Å²) in [4.78, 5) is 16.8. The minimum atomic E-state index is -0.0350. The lowest BCUT2D eigenvalue weighted by atomic mass is 10.0. The fraction of sp³-hybridized carbons (Fsp3) is 0.381. The van der Waals surface area contributed by atoms with E-state index < -0.39 is 0 Å². The average molecular weight is 351 g/mol. The highest BCUT2D eigenvalue weighted by Gasteiger charge is 2.21. The molecular weight excluding hydrogens is 326 g/mol. The lowest BCUT2D eigenvalue weighted by molar-refractivity contribution is 0.0532. The number of carbonyl (C=O) groups is 1. The zero-order valence-electron chi connectivity index (χ0n) is 15.1. The van der Waals surface area contributed by atoms with Gasteiger partial charge in [0, 0.05) is 37.6 Å². The highest BCUT2D eigenvalue weighted by Crippen LogP contribution is 2.22. The molecule has 1 saturated heterocycles. The number of urea groups is 1. The van der Waals surface area contributed by atoms with Crippen molar-refractivity contribution in [1.82, 2.24) is 4.90 Å². The zero-order valence-corrected chi connectivity index (χ0v) is 15.1. The molecule has 1 fully saturated rings. The van der Waals surface area contributed by atoms with Gasteiger partial charge in [0.05, 0.1) is 12.7 Å². The van der Waals surface area contributed by atoms with Crippen molar-refractivity contribution in [2.75, 3.05) is 36.5 Å². The molecule has 0 radical (unpaired) electrons. The van der Waals surface area contributed by atoms with Gasteiger partial charge in [0.2, 0.25) is 0 Å². The maximum atomic E-state index is 12.6. The van der Waals surface area contributed by atoms with E-state index in [0.717, 1.165) is 38.3 Å². The molecule has 2 amide bonds. The Hall–Kier alpha value is -2.53. The first-order valence-corrected chi connectivity index (χ1v) is 9.28. The molecule has 0 spiro atoms. The highest BCUT2D eigenvalue weighted by molar-refractivity contribution is 5.89. The van der Waals surface area contributed by atoms with Crippen molar-refractivity contribution >= 4 is 17.4 Å². The topological polar surface area (TPSA) is 44.8 Å². The molecule has 1 unspecified atom stereocenters. The first-order valence-electron chi connectivity index (χ1n) is 9.28. The Bertz CT molecular complexity index is 775. The lowest BCUT2D eigenvalue weighted by Gasteiger charge is -2.33. The van der Waals surface area contributed by atoms with Gasteiger partial charge in [-0.25, -0.2) is 4.79 Å². The largest absolute Gasteiger partial charge is 0.375 e. The van der Waals surface area contributed by atoms with Crippen LogP contribution in [0, 0.1) is 0 Å². The van der Waals surface area contributed by atoms with Crippen LogP contribution in [0.2, 0.25) is 0 Å². The number of nitrogens with zero attached hydrogens (tertiary/aromatic N) is 2. The molecule has 0 saturated carbocycles. The molecule has 5 heteroatoms. The number of amides is 2. The maximum Gasteiger partial charge on any atom is 0.322 e. The van der Waals surface area contributed by atoms with Crippen molar-refractivity contribution < 1.29 is 9.53 Å². The molecule has 0 aromatic heterocycles. The van der Waals surface area contributed by atoms with Gasteiger partial charge in [-0.05, 0) is 48.7 Å². The van der Waals surface area contributed by atoms with E-state index in [-0.39, 0.29) is 12.1 Å². The number of anilines is 2. The molecule has 2 heterocycles. The molecule has 4 rings (SSSR count). The van der Waals surface area contributed by atoms with E-state index in [1.54, 1.807) is 0 Å². The van der Waals surface area contributed by atoms with Crippen LogP contribution in [0.25, 0.3) is 0 Å². The molecule has 26 heavy (non-hydrogen) atoms. The molecule has 2 aliphatic rings. The maximum absolute atomic E-state index is 12.6. The van der Waals surface area contributed by atoms with Gasteiger partial charge in [0.15, 0.2) is 0 Å². The quantitative estimate of drug-likeness (QED) is 0.901. The van der Waals surface area contributed by atoms with Crippen LogP contribution in [0.3, 0.4) is 0 Å². The fourth-order valence-electron chi connectivity index (χ4n) is 3.68. The molecule has 2 aliphatic heterocycles. The Morgan fingerprint density at radius 2 is 1.85 bits per heavy atom. The fourth-order valence-corrected chi connectivity index (χ4v) is 3.68. The molecule has 136 valence electrons. The van der Waals surface area contributed by atoms with Crippen molar-refractivity contribution in [2.45, 2.75) is 26.0 Å². The van der Waals surface area contributed by atoms with Gasteiger partial charge < -0.3 is 19.9 Å².